The zero-order chi connectivity index (χ0) is 21.5. The highest BCUT2D eigenvalue weighted by atomic mass is 16.5. The molecule has 3 saturated heterocycles. The standard InChI is InChI=1S/C23H35N5O3/c29-22(24-21-6-7-27(17-21)16-20-4-2-1-3-5-20)18-25-8-10-26(11-9-25)19-23(30)28-12-14-31-15-13-28/h1-5,21H,6-19H2,(H,24,29). The fourth-order valence-corrected chi connectivity index (χ4v) is 4.62. The van der Waals surface area contributed by atoms with Gasteiger partial charge in [-0.3, -0.25) is 24.3 Å². The predicted octanol–water partition coefficient (Wildman–Crippen LogP) is -0.146. The molecule has 0 aromatic heterocycles. The Morgan fingerprint density at radius 3 is 2.26 bits per heavy atom. The number of hydrogen-bond donors (Lipinski definition) is 1. The molecule has 1 aromatic rings. The first-order valence-corrected chi connectivity index (χ1v) is 11.5. The van der Waals surface area contributed by atoms with Crippen LogP contribution in [0.4, 0.5) is 0 Å². The van der Waals surface area contributed by atoms with Crippen LogP contribution in [0.1, 0.15) is 12.0 Å². The van der Waals surface area contributed by atoms with Gasteiger partial charge in [0.1, 0.15) is 0 Å². The van der Waals surface area contributed by atoms with Crippen LogP contribution >= 0.6 is 0 Å². The van der Waals surface area contributed by atoms with Gasteiger partial charge in [-0.1, -0.05) is 30.3 Å². The van der Waals surface area contributed by atoms with Crippen LogP contribution in [0.15, 0.2) is 30.3 Å². The molecule has 1 N–H and O–H groups in total. The molecular weight excluding hydrogens is 394 g/mol. The summed E-state index contributed by atoms with van der Waals surface area (Å²) in [5.41, 5.74) is 1.32. The highest BCUT2D eigenvalue weighted by Gasteiger charge is 2.26. The highest BCUT2D eigenvalue weighted by molar-refractivity contribution is 5.79. The molecule has 8 nitrogen and oxygen atoms in total. The van der Waals surface area contributed by atoms with Gasteiger partial charge in [0, 0.05) is 64.9 Å². The maximum absolute atomic E-state index is 12.5. The Bertz CT molecular complexity index is 717. The molecule has 2 amide bonds. The van der Waals surface area contributed by atoms with Crippen molar-refractivity contribution in [2.75, 3.05) is 78.7 Å². The molecule has 0 spiro atoms. The number of nitrogens with one attached hydrogen (secondary N) is 1. The Hall–Kier alpha value is -2.00. The molecule has 1 unspecified atom stereocenters. The Morgan fingerprint density at radius 1 is 0.871 bits per heavy atom. The van der Waals surface area contributed by atoms with Gasteiger partial charge < -0.3 is 15.0 Å². The molecule has 0 radical (unpaired) electrons. The number of carbonyl (C=O) groups is 2. The number of morpholine rings is 1. The van der Waals surface area contributed by atoms with Crippen molar-refractivity contribution in [3.8, 4) is 0 Å². The average molecular weight is 430 g/mol. The lowest BCUT2D eigenvalue weighted by molar-refractivity contribution is -0.137. The van der Waals surface area contributed by atoms with Crippen molar-refractivity contribution in [2.24, 2.45) is 0 Å². The molecule has 0 bridgehead atoms. The summed E-state index contributed by atoms with van der Waals surface area (Å²) in [6.45, 7) is 9.79. The molecular formula is C23H35N5O3. The molecule has 4 rings (SSSR count). The van der Waals surface area contributed by atoms with E-state index in [0.29, 0.717) is 39.4 Å². The third-order valence-electron chi connectivity index (χ3n) is 6.44. The third-order valence-corrected chi connectivity index (χ3v) is 6.44. The smallest absolute Gasteiger partial charge is 0.236 e. The van der Waals surface area contributed by atoms with Gasteiger partial charge >= 0.3 is 0 Å². The maximum Gasteiger partial charge on any atom is 0.236 e. The first kappa shape index (κ1) is 22.2. The number of piperazine rings is 1. The van der Waals surface area contributed by atoms with Crippen molar-refractivity contribution in [2.45, 2.75) is 19.0 Å². The van der Waals surface area contributed by atoms with Crippen molar-refractivity contribution in [3.63, 3.8) is 0 Å². The second kappa shape index (κ2) is 11.0. The van der Waals surface area contributed by atoms with Crippen molar-refractivity contribution in [3.05, 3.63) is 35.9 Å². The van der Waals surface area contributed by atoms with Crippen LogP contribution < -0.4 is 5.32 Å². The van der Waals surface area contributed by atoms with Crippen molar-refractivity contribution in [1.82, 2.24) is 24.9 Å². The Labute approximate surface area is 185 Å². The average Bonchev–Trinajstić information content (AvgIpc) is 3.22. The molecule has 0 saturated carbocycles. The van der Waals surface area contributed by atoms with E-state index in [1.54, 1.807) is 0 Å². The molecule has 170 valence electrons. The van der Waals surface area contributed by atoms with Crippen molar-refractivity contribution in [1.29, 1.82) is 0 Å². The van der Waals surface area contributed by atoms with Crippen LogP contribution in [0.25, 0.3) is 0 Å². The van der Waals surface area contributed by atoms with E-state index in [4.69, 9.17) is 4.74 Å². The minimum absolute atomic E-state index is 0.115. The fourth-order valence-electron chi connectivity index (χ4n) is 4.62. The molecule has 3 heterocycles. The van der Waals surface area contributed by atoms with E-state index >= 15 is 0 Å². The lowest BCUT2D eigenvalue weighted by Crippen LogP contribution is -2.53. The zero-order valence-electron chi connectivity index (χ0n) is 18.4. The number of rotatable bonds is 7. The van der Waals surface area contributed by atoms with Crippen molar-refractivity contribution >= 4 is 11.8 Å². The van der Waals surface area contributed by atoms with E-state index in [2.05, 4.69) is 44.3 Å². The number of likely N-dealkylation sites (tertiary alicyclic amines) is 1. The largest absolute Gasteiger partial charge is 0.378 e. The summed E-state index contributed by atoms with van der Waals surface area (Å²) >= 11 is 0. The lowest BCUT2D eigenvalue weighted by Gasteiger charge is -2.35. The van der Waals surface area contributed by atoms with E-state index in [-0.39, 0.29) is 17.9 Å². The molecule has 1 aromatic carbocycles. The Morgan fingerprint density at radius 2 is 1.55 bits per heavy atom. The number of nitrogens with zero attached hydrogens (tertiary/aromatic N) is 4. The van der Waals surface area contributed by atoms with Gasteiger partial charge in [-0.05, 0) is 12.0 Å². The normalized spacial score (nSPS) is 23.7. The number of carbonyl (C=O) groups excluding carboxylic acids is 2. The van der Waals surface area contributed by atoms with Crippen LogP contribution in [-0.4, -0.2) is 116 Å². The molecule has 3 aliphatic rings. The fraction of sp³-hybridized carbons (Fsp3) is 0.652. The molecule has 8 heteroatoms. The van der Waals surface area contributed by atoms with Crippen LogP contribution in [0, 0.1) is 0 Å². The summed E-state index contributed by atoms with van der Waals surface area (Å²) in [6, 6.07) is 10.7. The van der Waals surface area contributed by atoms with Gasteiger partial charge in [0.05, 0.1) is 26.3 Å². The summed E-state index contributed by atoms with van der Waals surface area (Å²) in [6.07, 6.45) is 1.01. The summed E-state index contributed by atoms with van der Waals surface area (Å²) in [4.78, 5) is 33.6. The second-order valence-electron chi connectivity index (χ2n) is 8.82. The summed E-state index contributed by atoms with van der Waals surface area (Å²) in [7, 11) is 0. The molecule has 0 aliphatic carbocycles. The van der Waals surface area contributed by atoms with Gasteiger partial charge in [0.2, 0.25) is 11.8 Å². The summed E-state index contributed by atoms with van der Waals surface area (Å²) in [5, 5.41) is 3.22. The topological polar surface area (TPSA) is 68.4 Å². The molecule has 31 heavy (non-hydrogen) atoms. The SMILES string of the molecule is O=C(CN1CCN(CC(=O)N2CCOCC2)CC1)NC1CCN(Cc2ccccc2)C1. The predicted molar refractivity (Wildman–Crippen MR) is 119 cm³/mol. The van der Waals surface area contributed by atoms with Gasteiger partial charge in [-0.15, -0.1) is 0 Å². The molecule has 1 atom stereocenters. The van der Waals surface area contributed by atoms with Gasteiger partial charge in [0.25, 0.3) is 0 Å². The number of amides is 2. The third kappa shape index (κ3) is 6.74. The van der Waals surface area contributed by atoms with Crippen molar-refractivity contribution < 1.29 is 14.3 Å². The first-order valence-electron chi connectivity index (χ1n) is 11.5. The van der Waals surface area contributed by atoms with E-state index < -0.39 is 0 Å². The van der Waals surface area contributed by atoms with E-state index in [1.165, 1.54) is 5.56 Å². The second-order valence-corrected chi connectivity index (χ2v) is 8.82. The quantitative estimate of drug-likeness (QED) is 0.651. The van der Waals surface area contributed by atoms with Crippen LogP contribution in [-0.2, 0) is 20.9 Å². The zero-order valence-corrected chi connectivity index (χ0v) is 18.4. The number of ether oxygens (including phenoxy) is 1. The van der Waals surface area contributed by atoms with Gasteiger partial charge in [-0.2, -0.15) is 0 Å². The van der Waals surface area contributed by atoms with Crippen LogP contribution in [0.3, 0.4) is 0 Å². The van der Waals surface area contributed by atoms with E-state index in [0.717, 1.165) is 52.2 Å². The lowest BCUT2D eigenvalue weighted by atomic mass is 10.2. The Balaban J connectivity index is 1.12. The van der Waals surface area contributed by atoms with E-state index in [1.807, 2.05) is 11.0 Å². The monoisotopic (exact) mass is 429 g/mol. The summed E-state index contributed by atoms with van der Waals surface area (Å²) < 4.78 is 5.32. The van der Waals surface area contributed by atoms with Crippen LogP contribution in [0.5, 0.6) is 0 Å². The summed E-state index contributed by atoms with van der Waals surface area (Å²) in [5.74, 6) is 0.306. The first-order chi connectivity index (χ1) is 15.2. The number of benzene rings is 1. The Kier molecular flexibility index (Phi) is 7.91. The van der Waals surface area contributed by atoms with Crippen LogP contribution in [0.2, 0.25) is 0 Å². The maximum atomic E-state index is 12.5. The molecule has 3 aliphatic heterocycles. The van der Waals surface area contributed by atoms with E-state index in [9.17, 15) is 9.59 Å². The number of hydrogen-bond acceptors (Lipinski definition) is 6. The minimum atomic E-state index is 0.115. The van der Waals surface area contributed by atoms with Gasteiger partial charge in [-0.25, -0.2) is 0 Å². The highest BCUT2D eigenvalue weighted by Crippen LogP contribution is 2.13. The van der Waals surface area contributed by atoms with Gasteiger partial charge in [0.15, 0.2) is 0 Å². The minimum Gasteiger partial charge on any atom is -0.378 e. The molecule has 3 fully saturated rings.